The topological polar surface area (TPSA) is 69.6 Å². The van der Waals surface area contributed by atoms with Gasteiger partial charge in [-0.25, -0.2) is 4.79 Å². The maximum atomic E-state index is 12.3. The molecule has 1 saturated heterocycles. The molecule has 0 aliphatic carbocycles. The van der Waals surface area contributed by atoms with Crippen LogP contribution in [0.15, 0.2) is 0 Å². The largest absolute Gasteiger partial charge is 0.481 e. The monoisotopic (exact) mass is 298 g/mol. The number of hydrogen-bond donors (Lipinski definition) is 2. The minimum absolute atomic E-state index is 0.0315. The molecule has 21 heavy (non-hydrogen) atoms. The van der Waals surface area contributed by atoms with Gasteiger partial charge in [-0.1, -0.05) is 41.5 Å². The fourth-order valence-electron chi connectivity index (χ4n) is 2.37. The summed E-state index contributed by atoms with van der Waals surface area (Å²) < 4.78 is 0. The summed E-state index contributed by atoms with van der Waals surface area (Å²) in [6.07, 6.45) is 0.645. The minimum atomic E-state index is -0.811. The second-order valence-electron chi connectivity index (χ2n) is 8.07. The van der Waals surface area contributed by atoms with Crippen LogP contribution in [0.2, 0.25) is 0 Å². The number of rotatable bonds is 3. The zero-order valence-electron chi connectivity index (χ0n) is 14.2. The van der Waals surface area contributed by atoms with Gasteiger partial charge in [0.1, 0.15) is 0 Å². The molecular formula is C16H30N2O3. The number of piperidine rings is 1. The van der Waals surface area contributed by atoms with Crippen LogP contribution < -0.4 is 5.32 Å². The van der Waals surface area contributed by atoms with E-state index >= 15 is 0 Å². The Morgan fingerprint density at radius 3 is 2.24 bits per heavy atom. The molecule has 0 spiro atoms. The first kappa shape index (κ1) is 17.8. The highest BCUT2D eigenvalue weighted by molar-refractivity contribution is 5.76. The molecule has 1 rings (SSSR count). The zero-order chi connectivity index (χ0) is 16.4. The highest BCUT2D eigenvalue weighted by atomic mass is 16.4. The molecular weight excluding hydrogens is 268 g/mol. The highest BCUT2D eigenvalue weighted by Crippen LogP contribution is 2.37. The van der Waals surface area contributed by atoms with Crippen LogP contribution in [-0.2, 0) is 4.79 Å². The van der Waals surface area contributed by atoms with E-state index in [4.69, 9.17) is 5.11 Å². The molecule has 1 aliphatic heterocycles. The summed E-state index contributed by atoms with van der Waals surface area (Å²) in [5.74, 6) is -1.04. The Labute approximate surface area is 128 Å². The summed E-state index contributed by atoms with van der Waals surface area (Å²) in [7, 11) is 0. The van der Waals surface area contributed by atoms with Gasteiger partial charge in [-0.3, -0.25) is 4.79 Å². The predicted molar refractivity (Wildman–Crippen MR) is 83.1 cm³/mol. The van der Waals surface area contributed by atoms with Gasteiger partial charge < -0.3 is 15.3 Å². The molecule has 1 fully saturated rings. The lowest BCUT2D eigenvalue weighted by atomic mass is 9.69. The van der Waals surface area contributed by atoms with Crippen molar-refractivity contribution in [3.05, 3.63) is 0 Å². The third-order valence-corrected chi connectivity index (χ3v) is 5.01. The first-order valence-electron chi connectivity index (χ1n) is 7.69. The van der Waals surface area contributed by atoms with E-state index in [2.05, 4.69) is 39.9 Å². The van der Waals surface area contributed by atoms with Gasteiger partial charge in [0.25, 0.3) is 0 Å². The number of carbonyl (C=O) groups is 2. The van der Waals surface area contributed by atoms with Crippen LogP contribution in [0, 0.1) is 22.7 Å². The Morgan fingerprint density at radius 2 is 1.76 bits per heavy atom. The first-order valence-corrected chi connectivity index (χ1v) is 7.69. The summed E-state index contributed by atoms with van der Waals surface area (Å²) >= 11 is 0. The number of carbonyl (C=O) groups excluding carboxylic acids is 1. The van der Waals surface area contributed by atoms with E-state index in [-0.39, 0.29) is 22.8 Å². The molecule has 0 bridgehead atoms. The third kappa shape index (κ3) is 4.61. The van der Waals surface area contributed by atoms with Crippen molar-refractivity contribution in [2.24, 2.45) is 22.7 Å². The van der Waals surface area contributed by atoms with Crippen LogP contribution in [0.4, 0.5) is 4.79 Å². The van der Waals surface area contributed by atoms with Gasteiger partial charge in [0, 0.05) is 19.6 Å². The van der Waals surface area contributed by atoms with Crippen molar-refractivity contribution in [2.75, 3.05) is 19.6 Å². The van der Waals surface area contributed by atoms with Gasteiger partial charge in [-0.15, -0.1) is 0 Å². The molecule has 0 aromatic heterocycles. The number of nitrogens with one attached hydrogen (secondary N) is 1. The Bertz CT molecular complexity index is 399. The number of urea groups is 1. The number of hydrogen-bond acceptors (Lipinski definition) is 2. The van der Waals surface area contributed by atoms with Crippen LogP contribution in [-0.4, -0.2) is 41.6 Å². The number of nitrogens with zero attached hydrogens (tertiary/aromatic N) is 1. The number of carboxylic acid groups (broad SMARTS) is 1. The molecule has 0 saturated carbocycles. The molecule has 2 atom stereocenters. The lowest BCUT2D eigenvalue weighted by Gasteiger charge is -2.40. The van der Waals surface area contributed by atoms with E-state index in [0.29, 0.717) is 26.1 Å². The SMILES string of the molecule is CC1CC(C(=O)O)CN(C(=O)NCC(C)(C)C(C)(C)C)C1. The summed E-state index contributed by atoms with van der Waals surface area (Å²) in [6.45, 7) is 14.2. The molecule has 2 amide bonds. The average molecular weight is 298 g/mol. The second kappa shape index (κ2) is 6.24. The van der Waals surface area contributed by atoms with Crippen molar-refractivity contribution in [3.8, 4) is 0 Å². The molecule has 1 heterocycles. The Morgan fingerprint density at radius 1 is 1.19 bits per heavy atom. The summed E-state index contributed by atoms with van der Waals surface area (Å²) in [4.78, 5) is 25.1. The van der Waals surface area contributed by atoms with Crippen molar-refractivity contribution in [2.45, 2.75) is 48.0 Å². The number of carboxylic acids is 1. The molecule has 122 valence electrons. The molecule has 1 aliphatic rings. The number of likely N-dealkylation sites (tertiary alicyclic amines) is 1. The third-order valence-electron chi connectivity index (χ3n) is 5.01. The minimum Gasteiger partial charge on any atom is -0.481 e. The van der Waals surface area contributed by atoms with E-state index in [1.54, 1.807) is 4.90 Å². The second-order valence-corrected chi connectivity index (χ2v) is 8.07. The molecule has 5 heteroatoms. The van der Waals surface area contributed by atoms with Crippen LogP contribution in [0.25, 0.3) is 0 Å². The van der Waals surface area contributed by atoms with Crippen molar-refractivity contribution in [1.29, 1.82) is 0 Å². The van der Waals surface area contributed by atoms with Crippen LogP contribution in [0.1, 0.15) is 48.0 Å². The van der Waals surface area contributed by atoms with Gasteiger partial charge >= 0.3 is 12.0 Å². The fraction of sp³-hybridized carbons (Fsp3) is 0.875. The first-order chi connectivity index (χ1) is 9.44. The molecule has 2 N–H and O–H groups in total. The Hall–Kier alpha value is -1.26. The van der Waals surface area contributed by atoms with Gasteiger partial charge in [-0.2, -0.15) is 0 Å². The van der Waals surface area contributed by atoms with Gasteiger partial charge in [0.05, 0.1) is 5.92 Å². The summed E-state index contributed by atoms with van der Waals surface area (Å²) in [5.41, 5.74) is 0.0509. The fourth-order valence-corrected chi connectivity index (χ4v) is 2.37. The van der Waals surface area contributed by atoms with Crippen LogP contribution >= 0.6 is 0 Å². The molecule has 0 radical (unpaired) electrons. The maximum absolute atomic E-state index is 12.3. The Kier molecular flexibility index (Phi) is 5.29. The summed E-state index contributed by atoms with van der Waals surface area (Å²) in [5, 5.41) is 12.1. The summed E-state index contributed by atoms with van der Waals surface area (Å²) in [6, 6.07) is -0.148. The van der Waals surface area contributed by atoms with E-state index in [0.717, 1.165) is 0 Å². The quantitative estimate of drug-likeness (QED) is 0.841. The van der Waals surface area contributed by atoms with Gasteiger partial charge in [-0.05, 0) is 23.2 Å². The normalized spacial score (nSPS) is 23.8. The van der Waals surface area contributed by atoms with E-state index in [1.165, 1.54) is 0 Å². The van der Waals surface area contributed by atoms with Crippen molar-refractivity contribution >= 4 is 12.0 Å². The van der Waals surface area contributed by atoms with Crippen LogP contribution in [0.3, 0.4) is 0 Å². The van der Waals surface area contributed by atoms with Crippen molar-refractivity contribution in [1.82, 2.24) is 10.2 Å². The molecule has 5 nitrogen and oxygen atoms in total. The number of amides is 2. The maximum Gasteiger partial charge on any atom is 0.317 e. The highest BCUT2D eigenvalue weighted by Gasteiger charge is 2.35. The lowest BCUT2D eigenvalue weighted by molar-refractivity contribution is -0.143. The smallest absolute Gasteiger partial charge is 0.317 e. The van der Waals surface area contributed by atoms with E-state index in [9.17, 15) is 9.59 Å². The molecule has 0 aromatic carbocycles. The number of aliphatic carboxylic acids is 1. The van der Waals surface area contributed by atoms with Gasteiger partial charge in [0.15, 0.2) is 0 Å². The standard InChI is InChI=1S/C16H30N2O3/c1-11-7-12(13(19)20)9-18(8-11)14(21)17-10-16(5,6)15(2,3)4/h11-12H,7-10H2,1-6H3,(H,17,21)(H,19,20). The van der Waals surface area contributed by atoms with E-state index in [1.807, 2.05) is 6.92 Å². The van der Waals surface area contributed by atoms with E-state index < -0.39 is 11.9 Å². The average Bonchev–Trinajstić information content (AvgIpc) is 2.33. The molecule has 2 unspecified atom stereocenters. The van der Waals surface area contributed by atoms with Crippen molar-refractivity contribution < 1.29 is 14.7 Å². The van der Waals surface area contributed by atoms with Crippen LogP contribution in [0.5, 0.6) is 0 Å². The Balaban J connectivity index is 2.61. The zero-order valence-corrected chi connectivity index (χ0v) is 14.2. The van der Waals surface area contributed by atoms with Crippen molar-refractivity contribution in [3.63, 3.8) is 0 Å². The van der Waals surface area contributed by atoms with Gasteiger partial charge in [0.2, 0.25) is 0 Å². The lowest BCUT2D eigenvalue weighted by Crippen LogP contribution is -2.52. The predicted octanol–water partition coefficient (Wildman–Crippen LogP) is 2.81. The molecule has 0 aromatic rings.